The fraction of sp³-hybridized carbons (Fsp3) is 0.556. The average molecular weight is 318 g/mol. The van der Waals surface area contributed by atoms with Crippen molar-refractivity contribution in [1.29, 1.82) is 0 Å². The Hall–Kier alpha value is -2.04. The predicted molar refractivity (Wildman–Crippen MR) is 89.6 cm³/mol. The summed E-state index contributed by atoms with van der Waals surface area (Å²) in [5.74, 6) is 0.832. The zero-order valence-corrected chi connectivity index (χ0v) is 14.0. The van der Waals surface area contributed by atoms with Crippen LogP contribution in [-0.2, 0) is 4.79 Å². The molecular formula is C18H26N2O3. The number of hydrogen-bond acceptors (Lipinski definition) is 3. The van der Waals surface area contributed by atoms with Gasteiger partial charge in [-0.3, -0.25) is 9.59 Å². The largest absolute Gasteiger partial charge is 0.497 e. The van der Waals surface area contributed by atoms with Crippen LogP contribution in [0.4, 0.5) is 0 Å². The smallest absolute Gasteiger partial charge is 0.251 e. The number of carbonyl (C=O) groups excluding carboxylic acids is 2. The van der Waals surface area contributed by atoms with Crippen molar-refractivity contribution < 1.29 is 14.3 Å². The first-order valence-electron chi connectivity index (χ1n) is 8.36. The number of hydrogen-bond donors (Lipinski definition) is 1. The van der Waals surface area contributed by atoms with Crippen molar-refractivity contribution >= 4 is 11.8 Å². The molecule has 23 heavy (non-hydrogen) atoms. The number of unbranched alkanes of at least 4 members (excludes halogenated alkanes) is 1. The van der Waals surface area contributed by atoms with Gasteiger partial charge in [-0.1, -0.05) is 19.4 Å². The van der Waals surface area contributed by atoms with Gasteiger partial charge in [-0.2, -0.15) is 0 Å². The summed E-state index contributed by atoms with van der Waals surface area (Å²) in [6.07, 6.45) is 4.25. The number of nitrogens with one attached hydrogen (secondary N) is 1. The Balaban J connectivity index is 1.81. The van der Waals surface area contributed by atoms with Gasteiger partial charge in [-0.15, -0.1) is 0 Å². The highest BCUT2D eigenvalue weighted by atomic mass is 16.5. The van der Waals surface area contributed by atoms with Crippen LogP contribution in [0.2, 0.25) is 0 Å². The standard InChI is InChI=1S/C18H26N2O3/c1-3-4-8-17(21)20-11-9-15(10-12-20)19-18(22)14-6-5-7-16(13-14)23-2/h5-7,13,15H,3-4,8-12H2,1-2H3,(H,19,22). The second-order valence-electron chi connectivity index (χ2n) is 5.96. The van der Waals surface area contributed by atoms with Gasteiger partial charge in [0.15, 0.2) is 0 Å². The van der Waals surface area contributed by atoms with Crippen LogP contribution in [0.15, 0.2) is 24.3 Å². The SMILES string of the molecule is CCCCC(=O)N1CCC(NC(=O)c2cccc(OC)c2)CC1. The van der Waals surface area contributed by atoms with Crippen LogP contribution in [0.5, 0.6) is 5.75 Å². The van der Waals surface area contributed by atoms with Crippen molar-refractivity contribution in [2.75, 3.05) is 20.2 Å². The van der Waals surface area contributed by atoms with Crippen LogP contribution < -0.4 is 10.1 Å². The van der Waals surface area contributed by atoms with Crippen LogP contribution in [0.3, 0.4) is 0 Å². The number of amides is 2. The fourth-order valence-corrected chi connectivity index (χ4v) is 2.79. The van der Waals surface area contributed by atoms with Gasteiger partial charge in [0.25, 0.3) is 5.91 Å². The number of carbonyl (C=O) groups is 2. The van der Waals surface area contributed by atoms with Crippen molar-refractivity contribution in [3.63, 3.8) is 0 Å². The topological polar surface area (TPSA) is 58.6 Å². The molecule has 0 spiro atoms. The molecule has 1 fully saturated rings. The molecule has 0 aromatic heterocycles. The highest BCUT2D eigenvalue weighted by Gasteiger charge is 2.23. The molecule has 1 N–H and O–H groups in total. The molecule has 2 amide bonds. The maximum absolute atomic E-state index is 12.3. The lowest BCUT2D eigenvalue weighted by atomic mass is 10.0. The van der Waals surface area contributed by atoms with Crippen LogP contribution in [0, 0.1) is 0 Å². The molecule has 2 rings (SSSR count). The molecule has 5 nitrogen and oxygen atoms in total. The monoisotopic (exact) mass is 318 g/mol. The number of likely N-dealkylation sites (tertiary alicyclic amines) is 1. The lowest BCUT2D eigenvalue weighted by Gasteiger charge is -2.32. The van der Waals surface area contributed by atoms with Gasteiger partial charge in [0.2, 0.25) is 5.91 Å². The van der Waals surface area contributed by atoms with E-state index in [-0.39, 0.29) is 17.9 Å². The zero-order valence-electron chi connectivity index (χ0n) is 14.0. The third-order valence-electron chi connectivity index (χ3n) is 4.26. The summed E-state index contributed by atoms with van der Waals surface area (Å²) in [5, 5.41) is 3.06. The molecule has 0 saturated carbocycles. The second kappa shape index (κ2) is 8.56. The van der Waals surface area contributed by atoms with Gasteiger partial charge >= 0.3 is 0 Å². The van der Waals surface area contributed by atoms with E-state index in [4.69, 9.17) is 4.74 Å². The Morgan fingerprint density at radius 1 is 1.30 bits per heavy atom. The van der Waals surface area contributed by atoms with E-state index >= 15 is 0 Å². The predicted octanol–water partition coefficient (Wildman–Crippen LogP) is 2.61. The van der Waals surface area contributed by atoms with Crippen LogP contribution in [0.1, 0.15) is 49.4 Å². The Morgan fingerprint density at radius 2 is 2.04 bits per heavy atom. The maximum Gasteiger partial charge on any atom is 0.251 e. The minimum absolute atomic E-state index is 0.0836. The van der Waals surface area contributed by atoms with E-state index in [9.17, 15) is 9.59 Å². The molecule has 1 aromatic carbocycles. The molecule has 0 atom stereocenters. The first kappa shape index (κ1) is 17.3. The van der Waals surface area contributed by atoms with Crippen molar-refractivity contribution in [2.24, 2.45) is 0 Å². The number of ether oxygens (including phenoxy) is 1. The molecule has 1 aliphatic rings. The van der Waals surface area contributed by atoms with Crippen molar-refractivity contribution in [3.05, 3.63) is 29.8 Å². The van der Waals surface area contributed by atoms with Crippen LogP contribution in [-0.4, -0.2) is 43.0 Å². The molecule has 126 valence electrons. The molecular weight excluding hydrogens is 292 g/mol. The van der Waals surface area contributed by atoms with E-state index in [1.54, 1.807) is 19.2 Å². The summed E-state index contributed by atoms with van der Waals surface area (Å²) >= 11 is 0. The van der Waals surface area contributed by atoms with Crippen LogP contribution in [0.25, 0.3) is 0 Å². The highest BCUT2D eigenvalue weighted by Crippen LogP contribution is 2.15. The second-order valence-corrected chi connectivity index (χ2v) is 5.96. The van der Waals surface area contributed by atoms with Crippen molar-refractivity contribution in [3.8, 4) is 5.75 Å². The van der Waals surface area contributed by atoms with Gasteiger partial charge in [0.05, 0.1) is 7.11 Å². The molecule has 1 heterocycles. The van der Waals surface area contributed by atoms with E-state index in [1.165, 1.54) is 0 Å². The molecule has 1 aliphatic heterocycles. The van der Waals surface area contributed by atoms with Gasteiger partial charge in [-0.25, -0.2) is 0 Å². The van der Waals surface area contributed by atoms with E-state index in [0.29, 0.717) is 17.7 Å². The number of piperidine rings is 1. The van der Waals surface area contributed by atoms with Gasteiger partial charge in [-0.05, 0) is 37.5 Å². The Morgan fingerprint density at radius 3 is 2.70 bits per heavy atom. The quantitative estimate of drug-likeness (QED) is 0.877. The summed E-state index contributed by atoms with van der Waals surface area (Å²) in [4.78, 5) is 26.2. The van der Waals surface area contributed by atoms with Crippen molar-refractivity contribution in [2.45, 2.75) is 45.1 Å². The first-order valence-corrected chi connectivity index (χ1v) is 8.36. The van der Waals surface area contributed by atoms with Crippen molar-refractivity contribution in [1.82, 2.24) is 10.2 Å². The lowest BCUT2D eigenvalue weighted by Crippen LogP contribution is -2.46. The number of benzene rings is 1. The third-order valence-corrected chi connectivity index (χ3v) is 4.26. The molecule has 1 saturated heterocycles. The minimum Gasteiger partial charge on any atom is -0.497 e. The Kier molecular flexibility index (Phi) is 6.44. The van der Waals surface area contributed by atoms with Crippen LogP contribution >= 0.6 is 0 Å². The summed E-state index contributed by atoms with van der Waals surface area (Å²) in [6.45, 7) is 3.55. The summed E-state index contributed by atoms with van der Waals surface area (Å²) in [6, 6.07) is 7.27. The van der Waals surface area contributed by atoms with E-state index < -0.39 is 0 Å². The highest BCUT2D eigenvalue weighted by molar-refractivity contribution is 5.94. The molecule has 0 aliphatic carbocycles. The fourth-order valence-electron chi connectivity index (χ4n) is 2.79. The van der Waals surface area contributed by atoms with Gasteiger partial charge < -0.3 is 15.0 Å². The molecule has 5 heteroatoms. The number of nitrogens with zero attached hydrogens (tertiary/aromatic N) is 1. The Bertz CT molecular complexity index is 537. The molecule has 0 radical (unpaired) electrons. The lowest BCUT2D eigenvalue weighted by molar-refractivity contribution is -0.132. The van der Waals surface area contributed by atoms with E-state index in [0.717, 1.165) is 38.8 Å². The van der Waals surface area contributed by atoms with Gasteiger partial charge in [0.1, 0.15) is 5.75 Å². The van der Waals surface area contributed by atoms with Gasteiger partial charge in [0, 0.05) is 31.1 Å². The number of methoxy groups -OCH3 is 1. The molecule has 0 bridgehead atoms. The minimum atomic E-state index is -0.0836. The summed E-state index contributed by atoms with van der Waals surface area (Å²) < 4.78 is 5.14. The zero-order chi connectivity index (χ0) is 16.7. The van der Waals surface area contributed by atoms with E-state index in [1.807, 2.05) is 17.0 Å². The average Bonchev–Trinajstić information content (AvgIpc) is 2.60. The first-order chi connectivity index (χ1) is 11.1. The Labute approximate surface area is 138 Å². The maximum atomic E-state index is 12.3. The summed E-state index contributed by atoms with van der Waals surface area (Å²) in [5.41, 5.74) is 0.603. The third kappa shape index (κ3) is 4.98. The van der Waals surface area contributed by atoms with E-state index in [2.05, 4.69) is 12.2 Å². The normalized spacial score (nSPS) is 15.3. The summed E-state index contributed by atoms with van der Waals surface area (Å²) in [7, 11) is 1.59. The molecule has 1 aromatic rings. The molecule has 0 unspecified atom stereocenters. The number of rotatable bonds is 6.